The highest BCUT2D eigenvalue weighted by Crippen LogP contribution is 2.17. The van der Waals surface area contributed by atoms with E-state index in [2.05, 4.69) is 31.3 Å². The first-order valence-corrected chi connectivity index (χ1v) is 8.74. The molecular formula is C21H24N2O2. The van der Waals surface area contributed by atoms with Gasteiger partial charge in [0.25, 0.3) is 5.91 Å². The number of rotatable bonds is 6. The standard InChI is InChI=1S/C21H24N2O2/c1-15(2)19(23-20(24)17-11-7-4-8-12-17)21-22-18(14-25-21)13-16-9-5-3-6-10-16/h3-12,15,18-19H,13-14H2,1-2H3,(H,23,24)/t18?,19-/m0/s1. The fourth-order valence-corrected chi connectivity index (χ4v) is 2.92. The molecule has 0 saturated heterocycles. The predicted molar refractivity (Wildman–Crippen MR) is 99.9 cm³/mol. The van der Waals surface area contributed by atoms with Crippen LogP contribution in [0.15, 0.2) is 65.7 Å². The van der Waals surface area contributed by atoms with Gasteiger partial charge in [0.15, 0.2) is 0 Å². The largest absolute Gasteiger partial charge is 0.477 e. The molecule has 1 aliphatic rings. The molecule has 0 aromatic heterocycles. The molecule has 0 radical (unpaired) electrons. The topological polar surface area (TPSA) is 50.7 Å². The van der Waals surface area contributed by atoms with Gasteiger partial charge in [0.2, 0.25) is 5.90 Å². The lowest BCUT2D eigenvalue weighted by atomic mass is 10.0. The maximum Gasteiger partial charge on any atom is 0.251 e. The van der Waals surface area contributed by atoms with Crippen LogP contribution < -0.4 is 5.32 Å². The summed E-state index contributed by atoms with van der Waals surface area (Å²) in [6.45, 7) is 4.69. The molecule has 4 heteroatoms. The number of hydrogen-bond acceptors (Lipinski definition) is 3. The van der Waals surface area contributed by atoms with Crippen molar-refractivity contribution in [1.82, 2.24) is 5.32 Å². The first-order chi connectivity index (χ1) is 12.1. The van der Waals surface area contributed by atoms with E-state index in [1.165, 1.54) is 5.56 Å². The average Bonchev–Trinajstić information content (AvgIpc) is 3.09. The van der Waals surface area contributed by atoms with Crippen molar-refractivity contribution in [2.24, 2.45) is 10.9 Å². The van der Waals surface area contributed by atoms with Crippen LogP contribution in [0.5, 0.6) is 0 Å². The first kappa shape index (κ1) is 17.2. The highest BCUT2D eigenvalue weighted by molar-refractivity contribution is 5.97. The molecule has 0 saturated carbocycles. The van der Waals surface area contributed by atoms with Gasteiger partial charge < -0.3 is 10.1 Å². The molecular weight excluding hydrogens is 312 g/mol. The van der Waals surface area contributed by atoms with Crippen LogP contribution in [0.1, 0.15) is 29.8 Å². The van der Waals surface area contributed by atoms with Crippen molar-refractivity contribution in [2.75, 3.05) is 6.61 Å². The summed E-state index contributed by atoms with van der Waals surface area (Å²) in [6.07, 6.45) is 0.849. The molecule has 2 aromatic carbocycles. The summed E-state index contributed by atoms with van der Waals surface area (Å²) < 4.78 is 5.83. The molecule has 1 unspecified atom stereocenters. The van der Waals surface area contributed by atoms with Crippen LogP contribution in [-0.2, 0) is 11.2 Å². The minimum atomic E-state index is -0.214. The molecule has 0 aliphatic carbocycles. The Labute approximate surface area is 148 Å². The zero-order chi connectivity index (χ0) is 17.6. The van der Waals surface area contributed by atoms with Crippen LogP contribution in [-0.4, -0.2) is 30.5 Å². The van der Waals surface area contributed by atoms with E-state index in [1.807, 2.05) is 48.5 Å². The fourth-order valence-electron chi connectivity index (χ4n) is 2.92. The van der Waals surface area contributed by atoms with Gasteiger partial charge in [0.05, 0.1) is 6.04 Å². The second kappa shape index (κ2) is 7.97. The van der Waals surface area contributed by atoms with Gasteiger partial charge in [-0.15, -0.1) is 0 Å². The number of nitrogens with one attached hydrogen (secondary N) is 1. The number of hydrogen-bond donors (Lipinski definition) is 1. The predicted octanol–water partition coefficient (Wildman–Crippen LogP) is 3.48. The number of ether oxygens (including phenoxy) is 1. The van der Waals surface area contributed by atoms with Crippen LogP contribution in [0, 0.1) is 5.92 Å². The second-order valence-electron chi connectivity index (χ2n) is 6.68. The summed E-state index contributed by atoms with van der Waals surface area (Å²) in [4.78, 5) is 17.2. The monoisotopic (exact) mass is 336 g/mol. The maximum atomic E-state index is 12.5. The summed E-state index contributed by atoms with van der Waals surface area (Å²) >= 11 is 0. The number of carbonyl (C=O) groups excluding carboxylic acids is 1. The third kappa shape index (κ3) is 4.47. The van der Waals surface area contributed by atoms with Gasteiger partial charge >= 0.3 is 0 Å². The van der Waals surface area contributed by atoms with Crippen LogP contribution in [0.25, 0.3) is 0 Å². The van der Waals surface area contributed by atoms with Gasteiger partial charge in [-0.2, -0.15) is 0 Å². The molecule has 130 valence electrons. The lowest BCUT2D eigenvalue weighted by Gasteiger charge is -2.21. The molecule has 0 fully saturated rings. The van der Waals surface area contributed by atoms with E-state index < -0.39 is 0 Å². The normalized spacial score (nSPS) is 17.7. The van der Waals surface area contributed by atoms with Crippen LogP contribution in [0.2, 0.25) is 0 Å². The van der Waals surface area contributed by atoms with Gasteiger partial charge in [-0.25, -0.2) is 4.99 Å². The quantitative estimate of drug-likeness (QED) is 0.878. The Hall–Kier alpha value is -2.62. The summed E-state index contributed by atoms with van der Waals surface area (Å²) in [5.74, 6) is 0.735. The number of amides is 1. The Morgan fingerprint density at radius 2 is 1.76 bits per heavy atom. The average molecular weight is 336 g/mol. The molecule has 3 rings (SSSR count). The molecule has 25 heavy (non-hydrogen) atoms. The number of benzene rings is 2. The molecule has 1 N–H and O–H groups in total. The van der Waals surface area contributed by atoms with E-state index in [9.17, 15) is 4.79 Å². The minimum Gasteiger partial charge on any atom is -0.477 e. The molecule has 0 spiro atoms. The van der Waals surface area contributed by atoms with E-state index >= 15 is 0 Å². The van der Waals surface area contributed by atoms with Crippen LogP contribution >= 0.6 is 0 Å². The van der Waals surface area contributed by atoms with E-state index in [-0.39, 0.29) is 23.9 Å². The molecule has 1 aliphatic heterocycles. The van der Waals surface area contributed by atoms with E-state index in [0.717, 1.165) is 6.42 Å². The molecule has 1 amide bonds. The smallest absolute Gasteiger partial charge is 0.251 e. The lowest BCUT2D eigenvalue weighted by Crippen LogP contribution is -2.44. The van der Waals surface area contributed by atoms with Gasteiger partial charge in [-0.1, -0.05) is 62.4 Å². The van der Waals surface area contributed by atoms with Gasteiger partial charge in [0.1, 0.15) is 12.6 Å². The second-order valence-corrected chi connectivity index (χ2v) is 6.68. The highest BCUT2D eigenvalue weighted by Gasteiger charge is 2.29. The Bertz CT molecular complexity index is 726. The first-order valence-electron chi connectivity index (χ1n) is 8.74. The SMILES string of the molecule is CC(C)[C@H](NC(=O)c1ccccc1)C1=NC(Cc2ccccc2)CO1. The molecule has 2 aromatic rings. The van der Waals surface area contributed by atoms with Crippen molar-refractivity contribution in [3.63, 3.8) is 0 Å². The van der Waals surface area contributed by atoms with Crippen molar-refractivity contribution in [3.8, 4) is 0 Å². The van der Waals surface area contributed by atoms with Crippen molar-refractivity contribution in [2.45, 2.75) is 32.4 Å². The van der Waals surface area contributed by atoms with Gasteiger partial charge in [0, 0.05) is 5.56 Å². The van der Waals surface area contributed by atoms with E-state index in [4.69, 9.17) is 9.73 Å². The van der Waals surface area contributed by atoms with E-state index in [0.29, 0.717) is 18.1 Å². The molecule has 1 heterocycles. The number of carbonyl (C=O) groups is 1. The Kier molecular flexibility index (Phi) is 5.49. The third-order valence-corrected chi connectivity index (χ3v) is 4.30. The number of aliphatic imine (C=N–C) groups is 1. The summed E-state index contributed by atoms with van der Waals surface area (Å²) in [7, 11) is 0. The van der Waals surface area contributed by atoms with Crippen molar-refractivity contribution in [3.05, 3.63) is 71.8 Å². The summed E-state index contributed by atoms with van der Waals surface area (Å²) in [6, 6.07) is 19.4. The minimum absolute atomic E-state index is 0.0999. The van der Waals surface area contributed by atoms with Crippen LogP contribution in [0.4, 0.5) is 0 Å². The zero-order valence-corrected chi connectivity index (χ0v) is 14.7. The lowest BCUT2D eigenvalue weighted by molar-refractivity contribution is 0.0934. The fraction of sp³-hybridized carbons (Fsp3) is 0.333. The molecule has 4 nitrogen and oxygen atoms in total. The molecule has 2 atom stereocenters. The Balaban J connectivity index is 1.68. The van der Waals surface area contributed by atoms with Crippen molar-refractivity contribution >= 4 is 11.8 Å². The third-order valence-electron chi connectivity index (χ3n) is 4.30. The maximum absolute atomic E-state index is 12.5. The number of nitrogens with zero attached hydrogens (tertiary/aromatic N) is 1. The summed E-state index contributed by atoms with van der Waals surface area (Å²) in [5, 5.41) is 3.06. The van der Waals surface area contributed by atoms with Gasteiger partial charge in [-0.3, -0.25) is 4.79 Å². The Morgan fingerprint density at radius 3 is 2.40 bits per heavy atom. The Morgan fingerprint density at radius 1 is 1.12 bits per heavy atom. The molecule has 0 bridgehead atoms. The highest BCUT2D eigenvalue weighted by atomic mass is 16.5. The van der Waals surface area contributed by atoms with Crippen LogP contribution in [0.3, 0.4) is 0 Å². The van der Waals surface area contributed by atoms with Crippen molar-refractivity contribution in [1.29, 1.82) is 0 Å². The summed E-state index contributed by atoms with van der Waals surface area (Å²) in [5.41, 5.74) is 1.89. The zero-order valence-electron chi connectivity index (χ0n) is 14.7. The van der Waals surface area contributed by atoms with Crippen molar-refractivity contribution < 1.29 is 9.53 Å². The van der Waals surface area contributed by atoms with E-state index in [1.54, 1.807) is 0 Å². The van der Waals surface area contributed by atoms with Gasteiger partial charge in [-0.05, 0) is 30.0 Å².